The first-order valence-corrected chi connectivity index (χ1v) is 5.71. The van der Waals surface area contributed by atoms with Crippen molar-refractivity contribution >= 4 is 5.97 Å². The van der Waals surface area contributed by atoms with Gasteiger partial charge in [-0.25, -0.2) is 4.79 Å². The van der Waals surface area contributed by atoms with Gasteiger partial charge in [-0.3, -0.25) is 4.68 Å². The summed E-state index contributed by atoms with van der Waals surface area (Å²) in [5, 5.41) is 22.8. The van der Waals surface area contributed by atoms with E-state index in [2.05, 4.69) is 12.0 Å². The van der Waals surface area contributed by atoms with Crippen LogP contribution in [0.5, 0.6) is 5.75 Å². The number of hydrogen-bond acceptors (Lipinski definition) is 3. The molecule has 2 aromatic rings. The van der Waals surface area contributed by atoms with Gasteiger partial charge in [0, 0.05) is 23.9 Å². The van der Waals surface area contributed by atoms with Gasteiger partial charge in [0.15, 0.2) is 0 Å². The third kappa shape index (κ3) is 2.34. The van der Waals surface area contributed by atoms with Crippen molar-refractivity contribution in [1.29, 1.82) is 0 Å². The number of carbonyl (C=O) groups is 1. The minimum Gasteiger partial charge on any atom is -0.507 e. The lowest BCUT2D eigenvalue weighted by Gasteiger charge is -2.03. The van der Waals surface area contributed by atoms with Crippen LogP contribution in [0.1, 0.15) is 23.7 Å². The Labute approximate surface area is 104 Å². The number of rotatable bonds is 4. The predicted molar refractivity (Wildman–Crippen MR) is 66.6 cm³/mol. The number of carboxylic acids is 1. The number of phenolic OH excluding ortho intramolecular Hbond substituents is 1. The zero-order valence-corrected chi connectivity index (χ0v) is 10.00. The van der Waals surface area contributed by atoms with E-state index in [9.17, 15) is 9.90 Å². The Morgan fingerprint density at radius 2 is 2.22 bits per heavy atom. The van der Waals surface area contributed by atoms with Gasteiger partial charge in [0.05, 0.1) is 11.8 Å². The Hall–Kier alpha value is -2.30. The fourth-order valence-corrected chi connectivity index (χ4v) is 1.76. The van der Waals surface area contributed by atoms with Crippen molar-refractivity contribution in [2.45, 2.75) is 19.9 Å². The van der Waals surface area contributed by atoms with E-state index in [1.54, 1.807) is 16.9 Å². The molecule has 1 aromatic heterocycles. The molecule has 1 heterocycles. The van der Waals surface area contributed by atoms with E-state index in [-0.39, 0.29) is 11.3 Å². The van der Waals surface area contributed by atoms with Crippen molar-refractivity contribution in [1.82, 2.24) is 9.78 Å². The molecule has 0 aliphatic rings. The van der Waals surface area contributed by atoms with Gasteiger partial charge in [-0.1, -0.05) is 6.92 Å². The third-order valence-corrected chi connectivity index (χ3v) is 2.64. The van der Waals surface area contributed by atoms with Gasteiger partial charge < -0.3 is 10.2 Å². The first kappa shape index (κ1) is 12.2. The van der Waals surface area contributed by atoms with Crippen molar-refractivity contribution in [3.63, 3.8) is 0 Å². The van der Waals surface area contributed by atoms with E-state index in [1.807, 2.05) is 6.20 Å². The van der Waals surface area contributed by atoms with Crippen molar-refractivity contribution in [2.24, 2.45) is 0 Å². The summed E-state index contributed by atoms with van der Waals surface area (Å²) >= 11 is 0. The first-order valence-electron chi connectivity index (χ1n) is 5.71. The van der Waals surface area contributed by atoms with Crippen LogP contribution in [0.3, 0.4) is 0 Å². The maximum absolute atomic E-state index is 10.8. The molecule has 0 aliphatic heterocycles. The minimum atomic E-state index is -1.06. The van der Waals surface area contributed by atoms with Gasteiger partial charge in [-0.15, -0.1) is 0 Å². The third-order valence-electron chi connectivity index (χ3n) is 2.64. The van der Waals surface area contributed by atoms with Crippen LogP contribution in [0.25, 0.3) is 11.1 Å². The number of nitrogens with zero attached hydrogens (tertiary/aromatic N) is 2. The number of aromatic carboxylic acids is 1. The number of phenols is 1. The van der Waals surface area contributed by atoms with E-state index in [1.165, 1.54) is 12.1 Å². The van der Waals surface area contributed by atoms with E-state index in [0.717, 1.165) is 18.5 Å². The summed E-state index contributed by atoms with van der Waals surface area (Å²) in [4.78, 5) is 10.8. The van der Waals surface area contributed by atoms with Gasteiger partial charge in [0.25, 0.3) is 0 Å². The number of carboxylic acid groups (broad SMARTS) is 1. The number of aromatic nitrogens is 2. The summed E-state index contributed by atoms with van der Waals surface area (Å²) in [6.45, 7) is 2.87. The topological polar surface area (TPSA) is 75.4 Å². The highest BCUT2D eigenvalue weighted by molar-refractivity contribution is 5.89. The maximum Gasteiger partial charge on any atom is 0.335 e. The molecule has 0 spiro atoms. The molecule has 2 N–H and O–H groups in total. The van der Waals surface area contributed by atoms with Crippen molar-refractivity contribution in [3.8, 4) is 16.9 Å². The maximum atomic E-state index is 10.8. The average Bonchev–Trinajstić information content (AvgIpc) is 2.77. The lowest BCUT2D eigenvalue weighted by Crippen LogP contribution is -1.96. The summed E-state index contributed by atoms with van der Waals surface area (Å²) in [5.74, 6) is -1.11. The van der Waals surface area contributed by atoms with Crippen molar-refractivity contribution in [3.05, 3.63) is 36.2 Å². The fourth-order valence-electron chi connectivity index (χ4n) is 1.76. The van der Waals surface area contributed by atoms with Gasteiger partial charge in [-0.2, -0.15) is 5.10 Å². The highest BCUT2D eigenvalue weighted by Gasteiger charge is 2.10. The highest BCUT2D eigenvalue weighted by Crippen LogP contribution is 2.29. The van der Waals surface area contributed by atoms with E-state index >= 15 is 0 Å². The summed E-state index contributed by atoms with van der Waals surface area (Å²) in [6.07, 6.45) is 4.47. The molecule has 0 atom stereocenters. The standard InChI is InChI=1S/C13H14N2O3/c1-2-5-15-8-10(7-14-15)11-4-3-9(13(17)18)6-12(11)16/h3-4,6-8,16H,2,5H2,1H3,(H,17,18). The monoisotopic (exact) mass is 246 g/mol. The minimum absolute atomic E-state index is 0.0500. The van der Waals surface area contributed by atoms with Gasteiger partial charge >= 0.3 is 5.97 Å². The van der Waals surface area contributed by atoms with Crippen molar-refractivity contribution in [2.75, 3.05) is 0 Å². The Morgan fingerprint density at radius 3 is 2.83 bits per heavy atom. The molecule has 5 heteroatoms. The fraction of sp³-hybridized carbons (Fsp3) is 0.231. The van der Waals surface area contributed by atoms with Crippen LogP contribution in [-0.4, -0.2) is 26.0 Å². The van der Waals surface area contributed by atoms with Crippen LogP contribution in [0.4, 0.5) is 0 Å². The SMILES string of the molecule is CCCn1cc(-c2ccc(C(=O)O)cc2O)cn1. The van der Waals surface area contributed by atoms with Gasteiger partial charge in [0.1, 0.15) is 5.75 Å². The molecule has 1 aromatic carbocycles. The molecule has 0 saturated heterocycles. The molecule has 18 heavy (non-hydrogen) atoms. The number of benzene rings is 1. The highest BCUT2D eigenvalue weighted by atomic mass is 16.4. The predicted octanol–water partition coefficient (Wildman–Crippen LogP) is 2.36. The molecule has 0 amide bonds. The van der Waals surface area contributed by atoms with E-state index in [0.29, 0.717) is 5.56 Å². The molecule has 5 nitrogen and oxygen atoms in total. The van der Waals surface area contributed by atoms with Crippen molar-refractivity contribution < 1.29 is 15.0 Å². The molecule has 0 fully saturated rings. The lowest BCUT2D eigenvalue weighted by molar-refractivity contribution is 0.0696. The number of aromatic hydroxyl groups is 1. The molecular weight excluding hydrogens is 232 g/mol. The van der Waals surface area contributed by atoms with E-state index < -0.39 is 5.97 Å². The van der Waals surface area contributed by atoms with Crippen LogP contribution in [-0.2, 0) is 6.54 Å². The summed E-state index contributed by atoms with van der Waals surface area (Å²) < 4.78 is 1.79. The number of hydrogen-bond donors (Lipinski definition) is 2. The largest absolute Gasteiger partial charge is 0.507 e. The lowest BCUT2D eigenvalue weighted by atomic mass is 10.1. The van der Waals surface area contributed by atoms with Crippen LogP contribution in [0.15, 0.2) is 30.6 Å². The molecular formula is C13H14N2O3. The summed E-state index contributed by atoms with van der Waals surface area (Å²) in [6, 6.07) is 4.30. The Morgan fingerprint density at radius 1 is 1.44 bits per heavy atom. The molecule has 0 aliphatic carbocycles. The smallest absolute Gasteiger partial charge is 0.335 e. The Kier molecular flexibility index (Phi) is 3.32. The van der Waals surface area contributed by atoms with Gasteiger partial charge in [-0.05, 0) is 24.6 Å². The van der Waals surface area contributed by atoms with E-state index in [4.69, 9.17) is 5.11 Å². The summed E-state index contributed by atoms with van der Waals surface area (Å²) in [7, 11) is 0. The second kappa shape index (κ2) is 4.91. The second-order valence-corrected chi connectivity index (χ2v) is 4.03. The second-order valence-electron chi connectivity index (χ2n) is 4.03. The van der Waals surface area contributed by atoms with Gasteiger partial charge in [0.2, 0.25) is 0 Å². The van der Waals surface area contributed by atoms with Crippen LogP contribution in [0, 0.1) is 0 Å². The first-order chi connectivity index (χ1) is 8.61. The molecule has 94 valence electrons. The molecule has 0 radical (unpaired) electrons. The van der Waals surface area contributed by atoms with Crippen LogP contribution >= 0.6 is 0 Å². The normalized spacial score (nSPS) is 10.5. The number of aryl methyl sites for hydroxylation is 1. The molecule has 0 bridgehead atoms. The van der Waals surface area contributed by atoms with Crippen LogP contribution < -0.4 is 0 Å². The molecule has 0 unspecified atom stereocenters. The Bertz CT molecular complexity index is 575. The Balaban J connectivity index is 2.35. The van der Waals surface area contributed by atoms with Crippen LogP contribution in [0.2, 0.25) is 0 Å². The zero-order chi connectivity index (χ0) is 13.1. The average molecular weight is 246 g/mol. The zero-order valence-electron chi connectivity index (χ0n) is 10.00. The molecule has 0 saturated carbocycles. The quantitative estimate of drug-likeness (QED) is 0.868. The summed E-state index contributed by atoms with van der Waals surface area (Å²) in [5.41, 5.74) is 1.43. The molecule has 2 rings (SSSR count).